The highest BCUT2D eigenvalue weighted by molar-refractivity contribution is 5.82. The Hall–Kier alpha value is -1.06. The third kappa shape index (κ3) is 6.10. The zero-order valence-corrected chi connectivity index (χ0v) is 15.5. The third-order valence-electron chi connectivity index (χ3n) is 5.64. The molecule has 2 amide bonds. The number of hydrogen-bond donors (Lipinski definition) is 1. The van der Waals surface area contributed by atoms with Crippen molar-refractivity contribution in [1.29, 1.82) is 0 Å². The zero-order chi connectivity index (χ0) is 17.2. The van der Waals surface area contributed by atoms with Crippen molar-refractivity contribution in [2.75, 3.05) is 19.6 Å². The van der Waals surface area contributed by atoms with Crippen LogP contribution < -0.4 is 5.32 Å². The first-order valence-corrected chi connectivity index (χ1v) is 10.3. The summed E-state index contributed by atoms with van der Waals surface area (Å²) in [7, 11) is 0. The summed E-state index contributed by atoms with van der Waals surface area (Å²) >= 11 is 0. The molecule has 0 aromatic rings. The second-order valence-corrected chi connectivity index (χ2v) is 7.66. The van der Waals surface area contributed by atoms with Crippen molar-refractivity contribution in [3.63, 3.8) is 0 Å². The van der Waals surface area contributed by atoms with E-state index in [1.807, 2.05) is 4.90 Å². The molecule has 0 bridgehead atoms. The van der Waals surface area contributed by atoms with Gasteiger partial charge in [-0.15, -0.1) is 0 Å². The molecular weight excluding hydrogens is 300 g/mol. The smallest absolute Gasteiger partial charge is 0.225 e. The van der Waals surface area contributed by atoms with Gasteiger partial charge in [-0.1, -0.05) is 51.9 Å². The second-order valence-electron chi connectivity index (χ2n) is 7.66. The van der Waals surface area contributed by atoms with E-state index in [9.17, 15) is 9.59 Å². The summed E-state index contributed by atoms with van der Waals surface area (Å²) in [5.41, 5.74) is 0. The molecule has 4 heteroatoms. The molecule has 4 nitrogen and oxygen atoms in total. The molecule has 1 saturated heterocycles. The van der Waals surface area contributed by atoms with E-state index in [0.717, 1.165) is 45.2 Å². The standard InChI is InChI=1S/C20H36N2O2/c1-2-3-4-9-14-21-19(23)18-13-10-15-22(16-18)20(24)17-11-7-5-6-8-12-17/h17-18H,2-16H2,1H3,(H,21,23). The summed E-state index contributed by atoms with van der Waals surface area (Å²) in [6, 6.07) is 0. The zero-order valence-electron chi connectivity index (χ0n) is 15.5. The van der Waals surface area contributed by atoms with Crippen LogP contribution in [0.1, 0.15) is 84.0 Å². The molecule has 1 N–H and O–H groups in total. The maximum Gasteiger partial charge on any atom is 0.225 e. The average Bonchev–Trinajstić information content (AvgIpc) is 2.90. The van der Waals surface area contributed by atoms with E-state index in [1.165, 1.54) is 44.9 Å². The molecule has 1 saturated carbocycles. The van der Waals surface area contributed by atoms with Crippen LogP contribution in [-0.4, -0.2) is 36.3 Å². The molecule has 1 unspecified atom stereocenters. The molecule has 138 valence electrons. The molecular formula is C20H36N2O2. The van der Waals surface area contributed by atoms with Crippen molar-refractivity contribution in [2.24, 2.45) is 11.8 Å². The van der Waals surface area contributed by atoms with Crippen LogP contribution in [0.5, 0.6) is 0 Å². The van der Waals surface area contributed by atoms with Crippen molar-refractivity contribution in [1.82, 2.24) is 10.2 Å². The van der Waals surface area contributed by atoms with Gasteiger partial charge in [0.2, 0.25) is 11.8 Å². The summed E-state index contributed by atoms with van der Waals surface area (Å²) in [5, 5.41) is 3.08. The summed E-state index contributed by atoms with van der Waals surface area (Å²) in [5.74, 6) is 0.685. The molecule has 0 aromatic heterocycles. The number of carbonyl (C=O) groups is 2. The van der Waals surface area contributed by atoms with Gasteiger partial charge in [0, 0.05) is 25.6 Å². The van der Waals surface area contributed by atoms with Crippen LogP contribution in [0.3, 0.4) is 0 Å². The SMILES string of the molecule is CCCCCCNC(=O)C1CCCN(C(=O)C2CCCCCC2)C1. The maximum atomic E-state index is 12.8. The third-order valence-corrected chi connectivity index (χ3v) is 5.64. The Morgan fingerprint density at radius 1 is 0.917 bits per heavy atom. The quantitative estimate of drug-likeness (QED) is 0.566. The average molecular weight is 337 g/mol. The van der Waals surface area contributed by atoms with Gasteiger partial charge in [0.15, 0.2) is 0 Å². The van der Waals surface area contributed by atoms with Crippen LogP contribution in [0.2, 0.25) is 0 Å². The van der Waals surface area contributed by atoms with Crippen molar-refractivity contribution in [3.05, 3.63) is 0 Å². The van der Waals surface area contributed by atoms with Gasteiger partial charge in [-0.25, -0.2) is 0 Å². The minimum absolute atomic E-state index is 0.000321. The van der Waals surface area contributed by atoms with Gasteiger partial charge in [-0.3, -0.25) is 9.59 Å². The fourth-order valence-electron chi connectivity index (χ4n) is 4.08. The molecule has 1 heterocycles. The molecule has 2 fully saturated rings. The monoisotopic (exact) mass is 336 g/mol. The fourth-order valence-corrected chi connectivity index (χ4v) is 4.08. The van der Waals surface area contributed by atoms with E-state index >= 15 is 0 Å². The van der Waals surface area contributed by atoms with Crippen LogP contribution >= 0.6 is 0 Å². The first-order chi connectivity index (χ1) is 11.7. The topological polar surface area (TPSA) is 49.4 Å². The molecule has 2 rings (SSSR count). The van der Waals surface area contributed by atoms with Gasteiger partial charge in [0.25, 0.3) is 0 Å². The number of rotatable bonds is 7. The highest BCUT2D eigenvalue weighted by Gasteiger charge is 2.31. The van der Waals surface area contributed by atoms with Crippen molar-refractivity contribution >= 4 is 11.8 Å². The molecule has 0 radical (unpaired) electrons. The molecule has 1 atom stereocenters. The number of amides is 2. The number of nitrogens with one attached hydrogen (secondary N) is 1. The fraction of sp³-hybridized carbons (Fsp3) is 0.900. The number of nitrogens with zero attached hydrogens (tertiary/aromatic N) is 1. The summed E-state index contributed by atoms with van der Waals surface area (Å²) in [4.78, 5) is 27.2. The van der Waals surface area contributed by atoms with Crippen LogP contribution in [0, 0.1) is 11.8 Å². The first-order valence-electron chi connectivity index (χ1n) is 10.3. The highest BCUT2D eigenvalue weighted by atomic mass is 16.2. The number of likely N-dealkylation sites (tertiary alicyclic amines) is 1. The van der Waals surface area contributed by atoms with Crippen LogP contribution in [0.25, 0.3) is 0 Å². The van der Waals surface area contributed by atoms with Gasteiger partial charge in [-0.2, -0.15) is 0 Å². The lowest BCUT2D eigenvalue weighted by molar-refractivity contribution is -0.139. The second kappa shape index (κ2) is 10.7. The molecule has 2 aliphatic rings. The lowest BCUT2D eigenvalue weighted by Crippen LogP contribution is -2.47. The number of unbranched alkanes of at least 4 members (excludes halogenated alkanes) is 3. The minimum atomic E-state index is -0.000321. The number of hydrogen-bond acceptors (Lipinski definition) is 2. The van der Waals surface area contributed by atoms with Crippen LogP contribution in [0.4, 0.5) is 0 Å². The lowest BCUT2D eigenvalue weighted by Gasteiger charge is -2.34. The minimum Gasteiger partial charge on any atom is -0.356 e. The lowest BCUT2D eigenvalue weighted by atomic mass is 9.93. The Balaban J connectivity index is 1.75. The van der Waals surface area contributed by atoms with E-state index < -0.39 is 0 Å². The van der Waals surface area contributed by atoms with Crippen molar-refractivity contribution in [3.8, 4) is 0 Å². The van der Waals surface area contributed by atoms with E-state index in [2.05, 4.69) is 12.2 Å². The first kappa shape index (κ1) is 19.3. The molecule has 0 spiro atoms. The Morgan fingerprint density at radius 3 is 2.33 bits per heavy atom. The van der Waals surface area contributed by atoms with Crippen molar-refractivity contribution < 1.29 is 9.59 Å². The summed E-state index contributed by atoms with van der Waals surface area (Å²) in [6.07, 6.45) is 13.6. The van der Waals surface area contributed by atoms with Crippen molar-refractivity contribution in [2.45, 2.75) is 84.0 Å². The Kier molecular flexibility index (Phi) is 8.62. The van der Waals surface area contributed by atoms with Gasteiger partial charge < -0.3 is 10.2 Å². The van der Waals surface area contributed by atoms with Gasteiger partial charge in [-0.05, 0) is 32.1 Å². The highest BCUT2D eigenvalue weighted by Crippen LogP contribution is 2.27. The summed E-state index contributed by atoms with van der Waals surface area (Å²) < 4.78 is 0. The Bertz CT molecular complexity index is 389. The predicted molar refractivity (Wildman–Crippen MR) is 97.6 cm³/mol. The molecule has 1 aliphatic carbocycles. The van der Waals surface area contributed by atoms with Crippen LogP contribution in [0.15, 0.2) is 0 Å². The van der Waals surface area contributed by atoms with E-state index in [4.69, 9.17) is 0 Å². The molecule has 24 heavy (non-hydrogen) atoms. The van der Waals surface area contributed by atoms with Gasteiger partial charge >= 0.3 is 0 Å². The van der Waals surface area contributed by atoms with E-state index in [0.29, 0.717) is 12.5 Å². The van der Waals surface area contributed by atoms with E-state index in [-0.39, 0.29) is 17.7 Å². The summed E-state index contributed by atoms with van der Waals surface area (Å²) in [6.45, 7) is 4.46. The molecule has 0 aromatic carbocycles. The Labute approximate surface area is 147 Å². The van der Waals surface area contributed by atoms with Gasteiger partial charge in [0.1, 0.15) is 0 Å². The normalized spacial score (nSPS) is 22.9. The Morgan fingerprint density at radius 2 is 1.62 bits per heavy atom. The maximum absolute atomic E-state index is 12.8. The number of piperidine rings is 1. The van der Waals surface area contributed by atoms with Crippen LogP contribution in [-0.2, 0) is 9.59 Å². The predicted octanol–water partition coefficient (Wildman–Crippen LogP) is 3.89. The van der Waals surface area contributed by atoms with Gasteiger partial charge in [0.05, 0.1) is 5.92 Å². The molecule has 1 aliphatic heterocycles. The number of carbonyl (C=O) groups excluding carboxylic acids is 2. The largest absolute Gasteiger partial charge is 0.356 e. The van der Waals surface area contributed by atoms with E-state index in [1.54, 1.807) is 0 Å².